The highest BCUT2D eigenvalue weighted by Crippen LogP contribution is 2.22. The lowest BCUT2D eigenvalue weighted by atomic mass is 10.1. The number of amides is 5. The lowest BCUT2D eigenvalue weighted by Gasteiger charge is -2.24. The van der Waals surface area contributed by atoms with Crippen molar-refractivity contribution in [2.24, 2.45) is 5.73 Å². The Morgan fingerprint density at radius 2 is 1.87 bits per heavy atom. The van der Waals surface area contributed by atoms with Crippen LogP contribution < -0.4 is 26.4 Å². The summed E-state index contributed by atoms with van der Waals surface area (Å²) < 4.78 is 24.8. The number of halogens is 1. The summed E-state index contributed by atoms with van der Waals surface area (Å²) in [6.07, 6.45) is 0.00963. The van der Waals surface area contributed by atoms with Crippen LogP contribution in [0.4, 0.5) is 4.39 Å². The third kappa shape index (κ3) is 9.52. The summed E-state index contributed by atoms with van der Waals surface area (Å²) in [6, 6.07) is 2.10. The Kier molecular flexibility index (Phi) is 12.4. The number of hydrogen-bond acceptors (Lipinski definition) is 8. The van der Waals surface area contributed by atoms with Crippen molar-refractivity contribution in [2.45, 2.75) is 52.5 Å². The summed E-state index contributed by atoms with van der Waals surface area (Å²) in [6.45, 7) is 5.25. The van der Waals surface area contributed by atoms with E-state index < -0.39 is 41.5 Å². The number of aromatic nitrogens is 1. The summed E-state index contributed by atoms with van der Waals surface area (Å²) in [4.78, 5) is 80.8. The maximum absolute atomic E-state index is 14.1. The van der Waals surface area contributed by atoms with Gasteiger partial charge < -0.3 is 41.0 Å². The van der Waals surface area contributed by atoms with E-state index >= 15 is 0 Å². The average Bonchev–Trinajstić information content (AvgIpc) is 3.29. The molecule has 1 aliphatic rings. The predicted octanol–water partition coefficient (Wildman–Crippen LogP) is 0.859. The molecular weight excluding hydrogens is 591 g/mol. The summed E-state index contributed by atoms with van der Waals surface area (Å²) in [5.74, 6) is -4.18. The number of hydrogen-bond donors (Lipinski definition) is 5. The molecule has 1 aromatic heterocycles. The van der Waals surface area contributed by atoms with Gasteiger partial charge in [0.05, 0.1) is 24.3 Å². The van der Waals surface area contributed by atoms with Crippen LogP contribution in [0.2, 0.25) is 0 Å². The Bertz CT molecular complexity index is 1440. The molecule has 14 nitrogen and oxygen atoms in total. The van der Waals surface area contributed by atoms with Gasteiger partial charge in [-0.2, -0.15) is 0 Å². The van der Waals surface area contributed by atoms with Crippen LogP contribution in [-0.2, 0) is 19.1 Å². The highest BCUT2D eigenvalue weighted by molar-refractivity contribution is 6.01. The van der Waals surface area contributed by atoms with Gasteiger partial charge in [-0.1, -0.05) is 0 Å². The Hall–Kier alpha value is -4.95. The van der Waals surface area contributed by atoms with E-state index in [9.17, 15) is 33.2 Å². The Morgan fingerprint density at radius 3 is 2.58 bits per heavy atom. The molecule has 0 aliphatic carbocycles. The molecule has 1 aliphatic heterocycles. The van der Waals surface area contributed by atoms with Crippen LogP contribution in [0.15, 0.2) is 18.2 Å². The highest BCUT2D eigenvalue weighted by Gasteiger charge is 2.28. The molecule has 1 aromatic carbocycles. The van der Waals surface area contributed by atoms with Crippen molar-refractivity contribution in [1.82, 2.24) is 25.8 Å². The number of carbonyl (C=O) groups excluding carboxylic acids is 6. The van der Waals surface area contributed by atoms with Gasteiger partial charge in [0.25, 0.3) is 11.8 Å². The first-order valence-electron chi connectivity index (χ1n) is 14.6. The largest absolute Gasteiger partial charge is 0.491 e. The van der Waals surface area contributed by atoms with Crippen molar-refractivity contribution < 1.29 is 42.6 Å². The zero-order valence-electron chi connectivity index (χ0n) is 25.5. The van der Waals surface area contributed by atoms with Crippen LogP contribution in [0.25, 0.3) is 0 Å². The van der Waals surface area contributed by atoms with E-state index in [0.717, 1.165) is 12.1 Å². The van der Waals surface area contributed by atoms with Crippen molar-refractivity contribution in [3.8, 4) is 5.75 Å². The lowest BCUT2D eigenvalue weighted by molar-refractivity contribution is -0.123. The molecule has 0 radical (unpaired) electrons. The molecule has 6 N–H and O–H groups in total. The van der Waals surface area contributed by atoms with Gasteiger partial charge in [-0.15, -0.1) is 0 Å². The molecule has 0 fully saturated rings. The van der Waals surface area contributed by atoms with Crippen molar-refractivity contribution >= 4 is 35.5 Å². The number of benzene rings is 1. The van der Waals surface area contributed by atoms with Crippen LogP contribution in [0.5, 0.6) is 5.75 Å². The van der Waals surface area contributed by atoms with Crippen molar-refractivity contribution in [3.05, 3.63) is 52.1 Å². The number of nitrogens with one attached hydrogen (secondary N) is 4. The van der Waals surface area contributed by atoms with E-state index in [1.165, 1.54) is 11.0 Å². The number of nitrogens with zero attached hydrogens (tertiary/aromatic N) is 1. The molecule has 0 spiro atoms. The van der Waals surface area contributed by atoms with Crippen molar-refractivity contribution in [2.75, 3.05) is 39.4 Å². The van der Waals surface area contributed by atoms with E-state index in [-0.39, 0.29) is 93.6 Å². The fourth-order valence-corrected chi connectivity index (χ4v) is 4.85. The van der Waals surface area contributed by atoms with E-state index in [4.69, 9.17) is 15.2 Å². The number of carbonyl (C=O) groups is 6. The second-order valence-electron chi connectivity index (χ2n) is 10.4. The summed E-state index contributed by atoms with van der Waals surface area (Å²) in [5, 5.41) is 7.87. The number of nitrogens with two attached hydrogens (primary N) is 1. The smallest absolute Gasteiger partial charge is 0.340 e. The zero-order chi connectivity index (χ0) is 33.1. The number of fused-ring (bicyclic) bond motifs is 1. The minimum absolute atomic E-state index is 0.0107. The first kappa shape index (κ1) is 34.5. The van der Waals surface area contributed by atoms with Gasteiger partial charge in [0.1, 0.15) is 29.9 Å². The van der Waals surface area contributed by atoms with Gasteiger partial charge in [-0.05, 0) is 57.4 Å². The summed E-state index contributed by atoms with van der Waals surface area (Å²) >= 11 is 0. The maximum atomic E-state index is 14.1. The van der Waals surface area contributed by atoms with Crippen molar-refractivity contribution in [1.29, 1.82) is 0 Å². The molecule has 3 rings (SSSR count). The predicted molar refractivity (Wildman–Crippen MR) is 159 cm³/mol. The Morgan fingerprint density at radius 1 is 1.11 bits per heavy atom. The minimum Gasteiger partial charge on any atom is -0.491 e. The van der Waals surface area contributed by atoms with Crippen LogP contribution in [0.3, 0.4) is 0 Å². The Labute approximate surface area is 259 Å². The van der Waals surface area contributed by atoms with Gasteiger partial charge in [-0.25, -0.2) is 9.18 Å². The van der Waals surface area contributed by atoms with Gasteiger partial charge in [0.15, 0.2) is 0 Å². The third-order valence-electron chi connectivity index (χ3n) is 7.10. The molecular formula is C30H39FN6O8. The fourth-order valence-electron chi connectivity index (χ4n) is 4.85. The second-order valence-corrected chi connectivity index (χ2v) is 10.4. The number of esters is 1. The number of H-pyrrole nitrogens is 1. The first-order valence-corrected chi connectivity index (χ1v) is 14.6. The topological polar surface area (TPSA) is 202 Å². The first-order chi connectivity index (χ1) is 21.4. The molecule has 1 atom stereocenters. The lowest BCUT2D eigenvalue weighted by Crippen LogP contribution is -2.49. The average molecular weight is 631 g/mol. The number of aryl methyl sites for hydroxylation is 1. The molecule has 15 heteroatoms. The van der Waals surface area contributed by atoms with Crippen LogP contribution in [0.1, 0.15) is 75.1 Å². The van der Waals surface area contributed by atoms with E-state index in [1.54, 1.807) is 20.8 Å². The molecule has 0 unspecified atom stereocenters. The number of primary amides is 1. The molecule has 5 amide bonds. The third-order valence-corrected chi connectivity index (χ3v) is 7.10. The van der Waals surface area contributed by atoms with Gasteiger partial charge in [0, 0.05) is 38.2 Å². The van der Waals surface area contributed by atoms with Gasteiger partial charge in [-0.3, -0.25) is 24.0 Å². The molecule has 45 heavy (non-hydrogen) atoms. The summed E-state index contributed by atoms with van der Waals surface area (Å²) in [7, 11) is 0. The molecule has 0 saturated heterocycles. The maximum Gasteiger partial charge on any atom is 0.340 e. The number of rotatable bonds is 6. The van der Waals surface area contributed by atoms with Gasteiger partial charge >= 0.3 is 5.97 Å². The fraction of sp³-hybridized carbons (Fsp3) is 0.467. The summed E-state index contributed by atoms with van der Waals surface area (Å²) in [5.41, 5.74) is 6.38. The molecule has 0 bridgehead atoms. The number of aromatic amines is 1. The van der Waals surface area contributed by atoms with Crippen molar-refractivity contribution in [3.63, 3.8) is 0 Å². The van der Waals surface area contributed by atoms with Crippen LogP contribution in [0, 0.1) is 19.7 Å². The van der Waals surface area contributed by atoms with Crippen LogP contribution >= 0.6 is 0 Å². The SMILES string of the molecule is CCOC(=O)c1c(C)[nH]c(C(=O)N2CCCC(=O)NCCOc3ccc(F)cc3C(=O)N[C@@H](CCC(N)=O)C(=O)NCC2)c1C. The van der Waals surface area contributed by atoms with Gasteiger partial charge in [0.2, 0.25) is 17.7 Å². The van der Waals surface area contributed by atoms with E-state index in [2.05, 4.69) is 20.9 Å². The van der Waals surface area contributed by atoms with E-state index in [0.29, 0.717) is 11.3 Å². The molecule has 244 valence electrons. The van der Waals surface area contributed by atoms with Crippen LogP contribution in [-0.4, -0.2) is 90.8 Å². The Balaban J connectivity index is 1.86. The quantitative estimate of drug-likeness (QED) is 0.289. The molecule has 0 saturated carbocycles. The normalized spacial score (nSPS) is 17.0. The number of ether oxygens (including phenoxy) is 2. The minimum atomic E-state index is -1.22. The van der Waals surface area contributed by atoms with E-state index in [1.807, 2.05) is 0 Å². The second kappa shape index (κ2) is 16.2. The molecule has 2 aromatic rings. The zero-order valence-corrected chi connectivity index (χ0v) is 25.5. The highest BCUT2D eigenvalue weighted by atomic mass is 19.1. The standard InChI is InChI=1S/C30H39FN6O8/c1-4-44-30(43)25-17(2)26(35-18(25)3)29(42)37-13-5-6-24(39)33-12-15-45-22-9-7-19(31)16-20(22)27(40)36-21(8-10-23(32)38)28(41)34-11-14-37/h7,9,16,21,35H,4-6,8,10-15H2,1-3H3,(H2,32,38)(H,33,39)(H,34,41)(H,36,40)/t21-/m0/s1. The monoisotopic (exact) mass is 630 g/mol. The molecule has 2 heterocycles.